The number of nitrogens with zero attached hydrogens (tertiary/aromatic N) is 2. The molecular formula is C22H16N2O5. The Morgan fingerprint density at radius 1 is 1.03 bits per heavy atom. The molecule has 1 aliphatic heterocycles. The maximum absolute atomic E-state index is 13.2. The second kappa shape index (κ2) is 7.47. The number of hydrogen-bond acceptors (Lipinski definition) is 5. The zero-order valence-corrected chi connectivity index (χ0v) is 15.3. The van der Waals surface area contributed by atoms with E-state index in [1.165, 1.54) is 17.0 Å². The number of amides is 1. The molecule has 1 amide bonds. The summed E-state index contributed by atoms with van der Waals surface area (Å²) in [5.41, 5.74) is -0.0119. The van der Waals surface area contributed by atoms with E-state index in [1.54, 1.807) is 54.6 Å². The molecule has 1 heterocycles. The lowest BCUT2D eigenvalue weighted by Crippen LogP contribution is -2.30. The van der Waals surface area contributed by atoms with Crippen LogP contribution < -0.4 is 14.4 Å². The molecular weight excluding hydrogens is 372 g/mol. The predicted octanol–water partition coefficient (Wildman–Crippen LogP) is 5.33. The lowest BCUT2D eigenvalue weighted by Gasteiger charge is -2.20. The van der Waals surface area contributed by atoms with Gasteiger partial charge in [0.1, 0.15) is 11.5 Å². The zero-order chi connectivity index (χ0) is 20.4. The molecule has 1 aliphatic rings. The minimum Gasteiger partial charge on any atom is -0.457 e. The number of nitro benzene ring substituents is 1. The van der Waals surface area contributed by atoms with Crippen LogP contribution in [-0.2, 0) is 0 Å². The monoisotopic (exact) mass is 388 g/mol. The van der Waals surface area contributed by atoms with Crippen molar-refractivity contribution in [1.82, 2.24) is 0 Å². The van der Waals surface area contributed by atoms with E-state index in [1.807, 2.05) is 6.07 Å². The van der Waals surface area contributed by atoms with Crippen molar-refractivity contribution in [2.45, 2.75) is 0 Å². The molecule has 29 heavy (non-hydrogen) atoms. The van der Waals surface area contributed by atoms with Gasteiger partial charge >= 0.3 is 0 Å². The molecule has 144 valence electrons. The largest absolute Gasteiger partial charge is 0.457 e. The first-order valence-electron chi connectivity index (χ1n) is 8.83. The third-order valence-corrected chi connectivity index (χ3v) is 4.38. The van der Waals surface area contributed by atoms with Crippen molar-refractivity contribution in [1.29, 1.82) is 0 Å². The topological polar surface area (TPSA) is 81.9 Å². The average molecular weight is 388 g/mol. The molecule has 0 N–H and O–H groups in total. The van der Waals surface area contributed by atoms with E-state index in [0.717, 1.165) is 0 Å². The SMILES string of the molecule is C=CCN1C(=O)c2c(cc(Oc3ccccc3)cc2[N+](=O)[O-])Oc2ccccc21. The molecule has 3 aromatic carbocycles. The van der Waals surface area contributed by atoms with E-state index in [9.17, 15) is 14.9 Å². The molecule has 0 bridgehead atoms. The smallest absolute Gasteiger partial charge is 0.289 e. The molecule has 0 atom stereocenters. The average Bonchev–Trinajstić information content (AvgIpc) is 2.83. The third kappa shape index (κ3) is 3.41. The van der Waals surface area contributed by atoms with Gasteiger partial charge in [-0.3, -0.25) is 14.9 Å². The number of fused-ring (bicyclic) bond motifs is 2. The van der Waals surface area contributed by atoms with Crippen molar-refractivity contribution in [2.24, 2.45) is 0 Å². The molecule has 0 radical (unpaired) electrons. The molecule has 0 fully saturated rings. The van der Waals surface area contributed by atoms with Crippen LogP contribution in [0.3, 0.4) is 0 Å². The summed E-state index contributed by atoms with van der Waals surface area (Å²) >= 11 is 0. The maximum atomic E-state index is 13.2. The van der Waals surface area contributed by atoms with Crippen LogP contribution in [0.15, 0.2) is 79.4 Å². The van der Waals surface area contributed by atoms with E-state index in [0.29, 0.717) is 17.2 Å². The Labute approximate surface area is 166 Å². The number of ether oxygens (including phenoxy) is 2. The van der Waals surface area contributed by atoms with E-state index >= 15 is 0 Å². The van der Waals surface area contributed by atoms with Crippen LogP contribution >= 0.6 is 0 Å². The van der Waals surface area contributed by atoms with Gasteiger partial charge < -0.3 is 14.4 Å². The highest BCUT2D eigenvalue weighted by Gasteiger charge is 2.35. The summed E-state index contributed by atoms with van der Waals surface area (Å²) in [6.45, 7) is 3.86. The summed E-state index contributed by atoms with van der Waals surface area (Å²) in [5.74, 6) is 0.643. The number of para-hydroxylation sites is 3. The van der Waals surface area contributed by atoms with Gasteiger partial charge in [0.25, 0.3) is 11.6 Å². The van der Waals surface area contributed by atoms with Gasteiger partial charge in [0.2, 0.25) is 0 Å². The highest BCUT2D eigenvalue weighted by Crippen LogP contribution is 2.44. The molecule has 4 rings (SSSR count). The summed E-state index contributed by atoms with van der Waals surface area (Å²) in [7, 11) is 0. The molecule has 0 aliphatic carbocycles. The Morgan fingerprint density at radius 3 is 2.48 bits per heavy atom. The number of hydrogen-bond donors (Lipinski definition) is 0. The summed E-state index contributed by atoms with van der Waals surface area (Å²) in [5, 5.41) is 11.8. The van der Waals surface area contributed by atoms with E-state index in [-0.39, 0.29) is 29.3 Å². The summed E-state index contributed by atoms with van der Waals surface area (Å²) in [6.07, 6.45) is 1.55. The van der Waals surface area contributed by atoms with Crippen LogP contribution in [0.4, 0.5) is 11.4 Å². The van der Waals surface area contributed by atoms with Crippen molar-refractivity contribution in [3.8, 4) is 23.0 Å². The van der Waals surface area contributed by atoms with Gasteiger partial charge in [0.15, 0.2) is 17.1 Å². The Kier molecular flexibility index (Phi) is 4.70. The normalized spacial score (nSPS) is 12.3. The van der Waals surface area contributed by atoms with Crippen molar-refractivity contribution in [3.63, 3.8) is 0 Å². The fourth-order valence-corrected chi connectivity index (χ4v) is 3.14. The van der Waals surface area contributed by atoms with Crippen LogP contribution in [0.2, 0.25) is 0 Å². The molecule has 7 nitrogen and oxygen atoms in total. The standard InChI is InChI=1S/C22H16N2O5/c1-2-12-23-17-10-6-7-11-19(17)29-20-14-16(28-15-8-4-3-5-9-15)13-18(24(26)27)21(20)22(23)25/h2-11,13-14H,1,12H2. The first kappa shape index (κ1) is 18.2. The summed E-state index contributed by atoms with van der Waals surface area (Å²) in [4.78, 5) is 25.8. The highest BCUT2D eigenvalue weighted by atomic mass is 16.6. The van der Waals surface area contributed by atoms with Crippen LogP contribution in [0.5, 0.6) is 23.0 Å². The number of anilines is 1. The molecule has 0 saturated heterocycles. The second-order valence-corrected chi connectivity index (χ2v) is 6.26. The van der Waals surface area contributed by atoms with Gasteiger partial charge in [0.05, 0.1) is 16.7 Å². The molecule has 0 spiro atoms. The first-order valence-corrected chi connectivity index (χ1v) is 8.83. The van der Waals surface area contributed by atoms with E-state index < -0.39 is 10.8 Å². The van der Waals surface area contributed by atoms with Gasteiger partial charge in [-0.2, -0.15) is 0 Å². The summed E-state index contributed by atoms with van der Waals surface area (Å²) < 4.78 is 11.7. The Bertz CT molecular complexity index is 1110. The zero-order valence-electron chi connectivity index (χ0n) is 15.3. The van der Waals surface area contributed by atoms with Crippen LogP contribution in [0.1, 0.15) is 10.4 Å². The van der Waals surface area contributed by atoms with Crippen molar-refractivity contribution in [2.75, 3.05) is 11.4 Å². The molecule has 0 aromatic heterocycles. The van der Waals surface area contributed by atoms with Gasteiger partial charge in [-0.1, -0.05) is 36.4 Å². The highest BCUT2D eigenvalue weighted by molar-refractivity contribution is 6.12. The fourth-order valence-electron chi connectivity index (χ4n) is 3.14. The maximum Gasteiger partial charge on any atom is 0.289 e. The summed E-state index contributed by atoms with van der Waals surface area (Å²) in [6, 6.07) is 18.5. The van der Waals surface area contributed by atoms with Gasteiger partial charge in [-0.25, -0.2) is 0 Å². The lowest BCUT2D eigenvalue weighted by atomic mass is 10.1. The van der Waals surface area contributed by atoms with Gasteiger partial charge in [0, 0.05) is 12.6 Å². The van der Waals surface area contributed by atoms with E-state index in [2.05, 4.69) is 6.58 Å². The van der Waals surface area contributed by atoms with Crippen molar-refractivity contribution < 1.29 is 19.2 Å². The quantitative estimate of drug-likeness (QED) is 0.335. The second-order valence-electron chi connectivity index (χ2n) is 6.26. The van der Waals surface area contributed by atoms with Crippen molar-refractivity contribution in [3.05, 3.63) is 95.1 Å². The van der Waals surface area contributed by atoms with Gasteiger partial charge in [-0.05, 0) is 24.3 Å². The number of nitro groups is 1. The Morgan fingerprint density at radius 2 is 1.76 bits per heavy atom. The predicted molar refractivity (Wildman–Crippen MR) is 108 cm³/mol. The minimum absolute atomic E-state index is 0.0640. The molecule has 3 aromatic rings. The van der Waals surface area contributed by atoms with E-state index in [4.69, 9.17) is 9.47 Å². The Balaban J connectivity index is 1.89. The van der Waals surface area contributed by atoms with Crippen LogP contribution in [-0.4, -0.2) is 17.4 Å². The fraction of sp³-hybridized carbons (Fsp3) is 0.0455. The van der Waals surface area contributed by atoms with Gasteiger partial charge in [-0.15, -0.1) is 6.58 Å². The number of carbonyl (C=O) groups excluding carboxylic acids is 1. The lowest BCUT2D eigenvalue weighted by molar-refractivity contribution is -0.385. The molecule has 0 unspecified atom stereocenters. The number of benzene rings is 3. The number of rotatable bonds is 5. The molecule has 7 heteroatoms. The Hall–Kier alpha value is -4.13. The van der Waals surface area contributed by atoms with Crippen LogP contribution in [0.25, 0.3) is 0 Å². The number of carbonyl (C=O) groups is 1. The minimum atomic E-state index is -0.611. The first-order chi connectivity index (χ1) is 14.1. The molecule has 0 saturated carbocycles. The van der Waals surface area contributed by atoms with Crippen LogP contribution in [0, 0.1) is 10.1 Å². The van der Waals surface area contributed by atoms with Crippen molar-refractivity contribution >= 4 is 17.3 Å². The third-order valence-electron chi connectivity index (χ3n) is 4.38.